The Balaban J connectivity index is 2.39. The van der Waals surface area contributed by atoms with E-state index >= 15 is 0 Å². The van der Waals surface area contributed by atoms with Crippen molar-refractivity contribution in [2.24, 2.45) is 0 Å². The molecule has 1 aromatic carbocycles. The molecule has 2 aromatic rings. The number of rotatable bonds is 5. The summed E-state index contributed by atoms with van der Waals surface area (Å²) >= 11 is 1.72. The lowest BCUT2D eigenvalue weighted by molar-refractivity contribution is 0.341. The van der Waals surface area contributed by atoms with E-state index in [4.69, 9.17) is 4.74 Å². The van der Waals surface area contributed by atoms with Gasteiger partial charge in [0.15, 0.2) is 0 Å². The van der Waals surface area contributed by atoms with Crippen LogP contribution in [0.1, 0.15) is 17.5 Å². The number of aromatic nitrogens is 1. The molecule has 0 fully saturated rings. The Labute approximate surface area is 112 Å². The number of hydrogen-bond donors (Lipinski definition) is 1. The van der Waals surface area contributed by atoms with Gasteiger partial charge in [0.1, 0.15) is 10.8 Å². The summed E-state index contributed by atoms with van der Waals surface area (Å²) in [6.45, 7) is 5.58. The zero-order chi connectivity index (χ0) is 13.0. The molecular weight excluding hydrogens is 244 g/mol. The number of hydrogen-bond acceptors (Lipinski definition) is 4. The Morgan fingerprint density at radius 2 is 2.11 bits per heavy atom. The average Bonchev–Trinajstić information content (AvgIpc) is 2.73. The molecule has 1 aromatic heterocycles. The monoisotopic (exact) mass is 262 g/mol. The number of ether oxygens (including phenoxy) is 1. The highest BCUT2D eigenvalue weighted by molar-refractivity contribution is 7.15. The van der Waals surface area contributed by atoms with Gasteiger partial charge in [0.25, 0.3) is 0 Å². The van der Waals surface area contributed by atoms with Crippen LogP contribution in [0.15, 0.2) is 24.3 Å². The minimum absolute atomic E-state index is 0.671. The van der Waals surface area contributed by atoms with E-state index in [1.165, 1.54) is 4.88 Å². The zero-order valence-electron chi connectivity index (χ0n) is 11.0. The number of para-hydroxylation sites is 1. The van der Waals surface area contributed by atoms with Gasteiger partial charge in [-0.05, 0) is 33.0 Å². The van der Waals surface area contributed by atoms with Crippen LogP contribution in [0.5, 0.6) is 5.75 Å². The quantitative estimate of drug-likeness (QED) is 0.898. The number of nitrogens with one attached hydrogen (secondary N) is 1. The lowest BCUT2D eigenvalue weighted by Gasteiger charge is -2.07. The number of benzene rings is 1. The van der Waals surface area contributed by atoms with Crippen LogP contribution in [0.4, 0.5) is 0 Å². The van der Waals surface area contributed by atoms with E-state index in [9.17, 15) is 0 Å². The van der Waals surface area contributed by atoms with Crippen LogP contribution in [-0.2, 0) is 6.54 Å². The Hall–Kier alpha value is -1.39. The van der Waals surface area contributed by atoms with Gasteiger partial charge in [-0.25, -0.2) is 4.98 Å². The molecule has 0 amide bonds. The van der Waals surface area contributed by atoms with Crippen LogP contribution in [-0.4, -0.2) is 18.6 Å². The van der Waals surface area contributed by atoms with Crippen molar-refractivity contribution < 1.29 is 4.74 Å². The van der Waals surface area contributed by atoms with Crippen LogP contribution < -0.4 is 10.1 Å². The van der Waals surface area contributed by atoms with Gasteiger partial charge in [0.05, 0.1) is 17.9 Å². The minimum atomic E-state index is 0.671. The van der Waals surface area contributed by atoms with E-state index in [-0.39, 0.29) is 0 Å². The van der Waals surface area contributed by atoms with Crippen LogP contribution in [0.25, 0.3) is 10.6 Å². The van der Waals surface area contributed by atoms with Crippen molar-refractivity contribution in [3.05, 3.63) is 34.8 Å². The van der Waals surface area contributed by atoms with Gasteiger partial charge in [0, 0.05) is 11.4 Å². The largest absolute Gasteiger partial charge is 0.493 e. The first-order valence-corrected chi connectivity index (χ1v) is 6.91. The second kappa shape index (κ2) is 5.98. The molecular formula is C14H18N2OS. The molecule has 0 radical (unpaired) electrons. The van der Waals surface area contributed by atoms with Gasteiger partial charge < -0.3 is 10.1 Å². The minimum Gasteiger partial charge on any atom is -0.493 e. The van der Waals surface area contributed by atoms with Crippen LogP contribution in [0.3, 0.4) is 0 Å². The zero-order valence-corrected chi connectivity index (χ0v) is 11.8. The summed E-state index contributed by atoms with van der Waals surface area (Å²) in [5.41, 5.74) is 2.17. The van der Waals surface area contributed by atoms with Gasteiger partial charge in [0.2, 0.25) is 0 Å². The molecule has 1 heterocycles. The summed E-state index contributed by atoms with van der Waals surface area (Å²) in [6, 6.07) is 8.07. The molecule has 0 saturated heterocycles. The maximum atomic E-state index is 5.65. The number of nitrogens with zero attached hydrogens (tertiary/aromatic N) is 1. The van der Waals surface area contributed by atoms with Crippen molar-refractivity contribution in [3.8, 4) is 16.3 Å². The number of thiazole rings is 1. The summed E-state index contributed by atoms with van der Waals surface area (Å²) in [4.78, 5) is 5.92. The average molecular weight is 262 g/mol. The summed E-state index contributed by atoms with van der Waals surface area (Å²) in [5, 5.41) is 4.20. The predicted molar refractivity (Wildman–Crippen MR) is 76.2 cm³/mol. The summed E-state index contributed by atoms with van der Waals surface area (Å²) in [6.07, 6.45) is 0. The van der Waals surface area contributed by atoms with Crippen molar-refractivity contribution in [3.63, 3.8) is 0 Å². The molecule has 0 unspecified atom stereocenters. The van der Waals surface area contributed by atoms with E-state index in [0.29, 0.717) is 6.61 Å². The normalized spacial score (nSPS) is 10.6. The first kappa shape index (κ1) is 13.1. The molecule has 0 atom stereocenters. The third kappa shape index (κ3) is 2.71. The molecule has 0 bridgehead atoms. The van der Waals surface area contributed by atoms with Gasteiger partial charge >= 0.3 is 0 Å². The standard InChI is InChI=1S/C14H18N2OS/c1-4-17-12-8-6-5-7-11(12)14-16-10(2)13(18-14)9-15-3/h5-8,15H,4,9H2,1-3H3. The van der Waals surface area contributed by atoms with Crippen LogP contribution in [0, 0.1) is 6.92 Å². The lowest BCUT2D eigenvalue weighted by Crippen LogP contribution is -2.04. The predicted octanol–water partition coefficient (Wildman–Crippen LogP) is 3.24. The molecule has 18 heavy (non-hydrogen) atoms. The molecule has 2 rings (SSSR count). The molecule has 0 aliphatic heterocycles. The molecule has 0 saturated carbocycles. The maximum Gasteiger partial charge on any atom is 0.129 e. The number of aryl methyl sites for hydroxylation is 1. The van der Waals surface area contributed by atoms with Crippen molar-refractivity contribution in [2.45, 2.75) is 20.4 Å². The van der Waals surface area contributed by atoms with E-state index in [0.717, 1.165) is 28.6 Å². The first-order chi connectivity index (χ1) is 8.76. The first-order valence-electron chi connectivity index (χ1n) is 6.09. The topological polar surface area (TPSA) is 34.1 Å². The molecule has 4 heteroatoms. The highest BCUT2D eigenvalue weighted by atomic mass is 32.1. The molecule has 0 spiro atoms. The third-order valence-corrected chi connectivity index (χ3v) is 3.84. The second-order valence-electron chi connectivity index (χ2n) is 3.99. The Bertz CT molecular complexity index is 522. The van der Waals surface area contributed by atoms with E-state index < -0.39 is 0 Å². The van der Waals surface area contributed by atoms with E-state index in [1.54, 1.807) is 11.3 Å². The molecule has 0 aliphatic carbocycles. The van der Waals surface area contributed by atoms with Crippen molar-refractivity contribution in [2.75, 3.05) is 13.7 Å². The Morgan fingerprint density at radius 1 is 1.33 bits per heavy atom. The molecule has 0 aliphatic rings. The fraction of sp³-hybridized carbons (Fsp3) is 0.357. The van der Waals surface area contributed by atoms with Gasteiger partial charge in [-0.15, -0.1) is 11.3 Å². The smallest absolute Gasteiger partial charge is 0.129 e. The van der Waals surface area contributed by atoms with Gasteiger partial charge in [-0.2, -0.15) is 0 Å². The summed E-state index contributed by atoms with van der Waals surface area (Å²) < 4.78 is 5.65. The Morgan fingerprint density at radius 3 is 2.83 bits per heavy atom. The third-order valence-electron chi connectivity index (χ3n) is 2.65. The van der Waals surface area contributed by atoms with E-state index in [2.05, 4.69) is 23.3 Å². The molecule has 3 nitrogen and oxygen atoms in total. The van der Waals surface area contributed by atoms with Crippen molar-refractivity contribution in [1.29, 1.82) is 0 Å². The summed E-state index contributed by atoms with van der Waals surface area (Å²) in [7, 11) is 1.95. The SMILES string of the molecule is CCOc1ccccc1-c1nc(C)c(CNC)s1. The van der Waals surface area contributed by atoms with E-state index in [1.807, 2.05) is 32.2 Å². The van der Waals surface area contributed by atoms with Gasteiger partial charge in [-0.3, -0.25) is 0 Å². The Kier molecular flexibility index (Phi) is 4.33. The fourth-order valence-corrected chi connectivity index (χ4v) is 2.90. The van der Waals surface area contributed by atoms with Crippen LogP contribution in [0.2, 0.25) is 0 Å². The highest BCUT2D eigenvalue weighted by Gasteiger charge is 2.12. The molecule has 96 valence electrons. The van der Waals surface area contributed by atoms with Crippen molar-refractivity contribution >= 4 is 11.3 Å². The second-order valence-corrected chi connectivity index (χ2v) is 5.07. The fourth-order valence-electron chi connectivity index (χ4n) is 1.79. The molecule has 1 N–H and O–H groups in total. The highest BCUT2D eigenvalue weighted by Crippen LogP contribution is 2.34. The maximum absolute atomic E-state index is 5.65. The lowest BCUT2D eigenvalue weighted by atomic mass is 10.2. The van der Waals surface area contributed by atoms with Crippen molar-refractivity contribution in [1.82, 2.24) is 10.3 Å². The summed E-state index contributed by atoms with van der Waals surface area (Å²) in [5.74, 6) is 0.907. The van der Waals surface area contributed by atoms with Gasteiger partial charge in [-0.1, -0.05) is 12.1 Å². The van der Waals surface area contributed by atoms with Crippen LogP contribution >= 0.6 is 11.3 Å².